The van der Waals surface area contributed by atoms with Crippen LogP contribution in [0.15, 0.2) is 30.3 Å². The lowest BCUT2D eigenvalue weighted by molar-refractivity contribution is -0.0665. The summed E-state index contributed by atoms with van der Waals surface area (Å²) in [5, 5.41) is 3.38. The first-order valence-electron chi connectivity index (χ1n) is 14.2. The minimum Gasteiger partial charge on any atom is -0.378 e. The highest BCUT2D eigenvalue weighted by atomic mass is 19.3. The minimum absolute atomic E-state index is 0.0485. The molecule has 40 heavy (non-hydrogen) atoms. The van der Waals surface area contributed by atoms with Gasteiger partial charge in [-0.15, -0.1) is 0 Å². The van der Waals surface area contributed by atoms with Crippen molar-refractivity contribution in [1.29, 1.82) is 0 Å². The van der Waals surface area contributed by atoms with Gasteiger partial charge in [0.15, 0.2) is 5.82 Å². The third kappa shape index (κ3) is 5.88. The zero-order valence-electron chi connectivity index (χ0n) is 22.4. The number of hydrogen-bond acceptors (Lipinski definition) is 7. The molecule has 3 aliphatic rings. The summed E-state index contributed by atoms with van der Waals surface area (Å²) in [5.41, 5.74) is 1.04. The van der Waals surface area contributed by atoms with Gasteiger partial charge in [-0.05, 0) is 43.7 Å². The average molecular weight is 562 g/mol. The van der Waals surface area contributed by atoms with Crippen molar-refractivity contribution >= 4 is 22.8 Å². The average Bonchev–Trinajstić information content (AvgIpc) is 3.37. The molecule has 6 rings (SSSR count). The number of anilines is 2. The van der Waals surface area contributed by atoms with Crippen molar-refractivity contribution in [2.24, 2.45) is 5.92 Å². The van der Waals surface area contributed by atoms with Crippen LogP contribution >= 0.6 is 0 Å². The highest BCUT2D eigenvalue weighted by Crippen LogP contribution is 2.34. The summed E-state index contributed by atoms with van der Waals surface area (Å²) in [4.78, 5) is 17.9. The molecule has 0 bridgehead atoms. The Bertz CT molecular complexity index is 1300. The number of fused-ring (bicyclic) bond motifs is 1. The van der Waals surface area contributed by atoms with Gasteiger partial charge in [0.2, 0.25) is 5.95 Å². The molecular formula is C28H35F4N7O. The molecule has 3 aromatic rings. The Morgan fingerprint density at radius 3 is 2.35 bits per heavy atom. The number of alkyl halides is 4. The van der Waals surface area contributed by atoms with Gasteiger partial charge in [0.25, 0.3) is 12.3 Å². The van der Waals surface area contributed by atoms with Gasteiger partial charge in [0.05, 0.1) is 24.2 Å². The van der Waals surface area contributed by atoms with E-state index >= 15 is 0 Å². The summed E-state index contributed by atoms with van der Waals surface area (Å²) in [6, 6.07) is 9.15. The van der Waals surface area contributed by atoms with Crippen molar-refractivity contribution in [3.8, 4) is 5.82 Å². The molecule has 2 aromatic heterocycles. The van der Waals surface area contributed by atoms with Crippen LogP contribution in [0.5, 0.6) is 0 Å². The number of nitrogens with zero attached hydrogens (tertiary/aromatic N) is 6. The Balaban J connectivity index is 1.20. The fourth-order valence-electron chi connectivity index (χ4n) is 6.17. The summed E-state index contributed by atoms with van der Waals surface area (Å²) < 4.78 is 62.3. The smallest absolute Gasteiger partial charge is 0.296 e. The van der Waals surface area contributed by atoms with Gasteiger partial charge in [0, 0.05) is 57.7 Å². The number of nitrogens with one attached hydrogen (secondary N) is 1. The van der Waals surface area contributed by atoms with E-state index in [0.717, 1.165) is 25.7 Å². The second-order valence-electron chi connectivity index (χ2n) is 11.0. The Morgan fingerprint density at radius 1 is 0.925 bits per heavy atom. The minimum atomic E-state index is -2.77. The molecule has 0 amide bonds. The predicted molar refractivity (Wildman–Crippen MR) is 145 cm³/mol. The van der Waals surface area contributed by atoms with E-state index < -0.39 is 12.3 Å². The van der Waals surface area contributed by atoms with E-state index in [-0.39, 0.29) is 18.7 Å². The number of halogens is 4. The number of ether oxygens (including phenoxy) is 1. The first-order valence-corrected chi connectivity index (χ1v) is 14.2. The Labute approximate surface area is 230 Å². The second-order valence-corrected chi connectivity index (χ2v) is 11.0. The summed E-state index contributed by atoms with van der Waals surface area (Å²) in [7, 11) is 0. The predicted octanol–water partition coefficient (Wildman–Crippen LogP) is 5.29. The van der Waals surface area contributed by atoms with Gasteiger partial charge in [-0.1, -0.05) is 12.1 Å². The topological polar surface area (TPSA) is 71.3 Å². The highest BCUT2D eigenvalue weighted by Gasteiger charge is 2.37. The van der Waals surface area contributed by atoms with Crippen LogP contribution in [-0.2, 0) is 4.74 Å². The maximum Gasteiger partial charge on any atom is 0.296 e. The van der Waals surface area contributed by atoms with E-state index in [0.29, 0.717) is 86.5 Å². The van der Waals surface area contributed by atoms with Crippen LogP contribution in [0.4, 0.5) is 29.3 Å². The highest BCUT2D eigenvalue weighted by molar-refractivity contribution is 5.78. The first kappa shape index (κ1) is 27.2. The molecule has 1 aromatic carbocycles. The Kier molecular flexibility index (Phi) is 7.80. The van der Waals surface area contributed by atoms with Gasteiger partial charge in [0.1, 0.15) is 11.6 Å². The number of benzene rings is 1. The lowest BCUT2D eigenvalue weighted by Crippen LogP contribution is -2.46. The molecule has 2 saturated heterocycles. The molecule has 216 valence electrons. The van der Waals surface area contributed by atoms with Gasteiger partial charge in [-0.25, -0.2) is 22.5 Å². The van der Waals surface area contributed by atoms with Crippen LogP contribution in [0.1, 0.15) is 50.8 Å². The summed E-state index contributed by atoms with van der Waals surface area (Å²) in [6.45, 7) is 4.02. The van der Waals surface area contributed by atoms with Crippen LogP contribution in [0, 0.1) is 5.92 Å². The number of aromatic nitrogens is 4. The fourth-order valence-corrected chi connectivity index (χ4v) is 6.17. The Morgan fingerprint density at radius 2 is 1.62 bits per heavy atom. The van der Waals surface area contributed by atoms with Crippen molar-refractivity contribution in [1.82, 2.24) is 24.4 Å². The third-order valence-electron chi connectivity index (χ3n) is 8.46. The Hall–Kier alpha value is -2.99. The second kappa shape index (κ2) is 11.5. The van der Waals surface area contributed by atoms with Crippen LogP contribution in [0.25, 0.3) is 16.9 Å². The molecule has 8 nitrogen and oxygen atoms in total. The molecule has 12 heteroatoms. The number of para-hydroxylation sites is 2. The maximum atomic E-state index is 14.1. The van der Waals surface area contributed by atoms with E-state index in [2.05, 4.69) is 25.1 Å². The fraction of sp³-hybridized carbons (Fsp3) is 0.607. The first-order chi connectivity index (χ1) is 19.4. The van der Waals surface area contributed by atoms with Gasteiger partial charge in [-0.2, -0.15) is 9.97 Å². The SMILES string of the molecule is FC(F)c1nc2ccccc2n1-c1cc(N2CCOCC2)nc(NC[C@H]2CC[C@@H](N3CCC(F)(F)CC3)CC2)n1. The number of likely N-dealkylation sites (tertiary alicyclic amines) is 1. The normalized spacial score (nSPS) is 24.1. The molecular weight excluding hydrogens is 526 g/mol. The molecule has 0 radical (unpaired) electrons. The number of rotatable bonds is 7. The van der Waals surface area contributed by atoms with E-state index in [1.54, 1.807) is 30.3 Å². The molecule has 2 aliphatic heterocycles. The molecule has 1 N–H and O–H groups in total. The number of piperidine rings is 1. The summed E-state index contributed by atoms with van der Waals surface area (Å²) in [6.07, 6.45) is 1.07. The number of imidazole rings is 1. The zero-order valence-corrected chi connectivity index (χ0v) is 22.4. The largest absolute Gasteiger partial charge is 0.378 e. The summed E-state index contributed by atoms with van der Waals surface area (Å²) >= 11 is 0. The molecule has 0 atom stereocenters. The van der Waals surface area contributed by atoms with Crippen molar-refractivity contribution in [3.63, 3.8) is 0 Å². The van der Waals surface area contributed by atoms with E-state index in [1.807, 2.05) is 0 Å². The van der Waals surface area contributed by atoms with Crippen molar-refractivity contribution in [2.45, 2.75) is 56.9 Å². The van der Waals surface area contributed by atoms with Crippen molar-refractivity contribution in [2.75, 3.05) is 56.2 Å². The molecule has 1 saturated carbocycles. The molecule has 1 aliphatic carbocycles. The van der Waals surface area contributed by atoms with Crippen LogP contribution < -0.4 is 10.2 Å². The van der Waals surface area contributed by atoms with Crippen molar-refractivity contribution in [3.05, 3.63) is 36.2 Å². The number of morpholine rings is 1. The van der Waals surface area contributed by atoms with Crippen LogP contribution in [0.3, 0.4) is 0 Å². The van der Waals surface area contributed by atoms with E-state index in [4.69, 9.17) is 9.72 Å². The third-order valence-corrected chi connectivity index (χ3v) is 8.46. The zero-order chi connectivity index (χ0) is 27.7. The standard InChI is InChI=1S/C28H35F4N7O/c29-25(30)26-34-21-3-1-2-4-22(21)39(26)24-17-23(38-13-15-40-16-14-38)35-27(36-24)33-18-19-5-7-20(8-6-19)37-11-9-28(31,32)10-12-37/h1-4,17,19-20,25H,5-16,18H2,(H,33,35,36)/t19-,20+. The lowest BCUT2D eigenvalue weighted by atomic mass is 9.84. The van der Waals surface area contributed by atoms with Crippen LogP contribution in [-0.4, -0.2) is 82.3 Å². The van der Waals surface area contributed by atoms with Gasteiger partial charge in [-0.3, -0.25) is 9.47 Å². The summed E-state index contributed by atoms with van der Waals surface area (Å²) in [5.74, 6) is -1.10. The molecule has 4 heterocycles. The monoisotopic (exact) mass is 561 g/mol. The molecule has 0 spiro atoms. The van der Waals surface area contributed by atoms with Crippen molar-refractivity contribution < 1.29 is 22.3 Å². The van der Waals surface area contributed by atoms with Gasteiger partial charge < -0.3 is 15.0 Å². The molecule has 3 fully saturated rings. The maximum absolute atomic E-state index is 14.1. The van der Waals surface area contributed by atoms with Gasteiger partial charge >= 0.3 is 0 Å². The number of hydrogen-bond donors (Lipinski definition) is 1. The van der Waals surface area contributed by atoms with E-state index in [1.165, 1.54) is 4.57 Å². The molecule has 0 unspecified atom stereocenters. The quantitative estimate of drug-likeness (QED) is 0.393. The van der Waals surface area contributed by atoms with Crippen LogP contribution in [0.2, 0.25) is 0 Å². The van der Waals surface area contributed by atoms with E-state index in [9.17, 15) is 17.6 Å². The lowest BCUT2D eigenvalue weighted by Gasteiger charge is -2.40.